The monoisotopic (exact) mass is 265 g/mol. The van der Waals surface area contributed by atoms with Crippen molar-refractivity contribution < 1.29 is 0 Å². The topological polar surface area (TPSA) is 30.7 Å². The molecule has 1 unspecified atom stereocenters. The number of hydrogen-bond acceptors (Lipinski definition) is 2. The minimum atomic E-state index is 0.219. The zero-order chi connectivity index (χ0) is 14.1. The predicted molar refractivity (Wildman–Crippen MR) is 81.3 cm³/mol. The van der Waals surface area contributed by atoms with Gasteiger partial charge in [-0.2, -0.15) is 0 Å². The Hall–Kier alpha value is -0.860. The van der Waals surface area contributed by atoms with Gasteiger partial charge < -0.3 is 0 Å². The summed E-state index contributed by atoms with van der Waals surface area (Å²) in [4.78, 5) is 0. The number of hydrogen-bond donors (Lipinski definition) is 0. The van der Waals surface area contributed by atoms with Gasteiger partial charge in [-0.15, -0.1) is 5.10 Å². The number of aryl methyl sites for hydroxylation is 1. The van der Waals surface area contributed by atoms with Gasteiger partial charge in [-0.3, -0.25) is 4.68 Å². The predicted octanol–water partition coefficient (Wildman–Crippen LogP) is 4.62. The molecule has 0 radical (unpaired) electrons. The number of unbranched alkanes of at least 4 members (excludes halogenated alkanes) is 5. The fourth-order valence-corrected chi connectivity index (χ4v) is 2.71. The van der Waals surface area contributed by atoms with E-state index < -0.39 is 0 Å². The van der Waals surface area contributed by atoms with Crippen LogP contribution >= 0.6 is 0 Å². The Morgan fingerprint density at radius 3 is 2.11 bits per heavy atom. The third-order valence-corrected chi connectivity index (χ3v) is 4.14. The Labute approximate surface area is 118 Å². The van der Waals surface area contributed by atoms with Crippen molar-refractivity contribution in [3.8, 4) is 0 Å². The summed E-state index contributed by atoms with van der Waals surface area (Å²) in [6.45, 7) is 6.91. The van der Waals surface area contributed by atoms with Gasteiger partial charge in [0.2, 0.25) is 0 Å². The zero-order valence-electron chi connectivity index (χ0n) is 13.3. The first kappa shape index (κ1) is 16.2. The van der Waals surface area contributed by atoms with E-state index in [-0.39, 0.29) is 5.41 Å². The van der Waals surface area contributed by atoms with Crippen molar-refractivity contribution in [1.82, 2.24) is 15.0 Å². The molecule has 1 aromatic heterocycles. The molecule has 0 bridgehead atoms. The van der Waals surface area contributed by atoms with Crippen molar-refractivity contribution in [2.75, 3.05) is 0 Å². The molecule has 0 amide bonds. The van der Waals surface area contributed by atoms with Crippen LogP contribution in [0.1, 0.15) is 84.3 Å². The lowest BCUT2D eigenvalue weighted by atomic mass is 9.77. The molecular formula is C16H31N3. The second kappa shape index (κ2) is 8.34. The maximum atomic E-state index is 4.38. The fourth-order valence-electron chi connectivity index (χ4n) is 2.71. The molecule has 0 saturated heterocycles. The highest BCUT2D eigenvalue weighted by Gasteiger charge is 2.28. The van der Waals surface area contributed by atoms with Crippen LogP contribution in [0.2, 0.25) is 0 Å². The molecule has 110 valence electrons. The van der Waals surface area contributed by atoms with E-state index in [1.807, 2.05) is 11.7 Å². The lowest BCUT2D eigenvalue weighted by Crippen LogP contribution is -2.22. The molecule has 1 aromatic rings. The van der Waals surface area contributed by atoms with Crippen molar-refractivity contribution in [3.05, 3.63) is 11.9 Å². The van der Waals surface area contributed by atoms with Crippen LogP contribution in [-0.4, -0.2) is 15.0 Å². The number of rotatable bonds is 10. The maximum absolute atomic E-state index is 4.38. The smallest absolute Gasteiger partial charge is 0.0885 e. The average molecular weight is 265 g/mol. The van der Waals surface area contributed by atoms with E-state index in [4.69, 9.17) is 0 Å². The van der Waals surface area contributed by atoms with E-state index in [0.717, 1.165) is 0 Å². The summed E-state index contributed by atoms with van der Waals surface area (Å²) in [5.74, 6) is 0. The van der Waals surface area contributed by atoms with Crippen molar-refractivity contribution >= 4 is 0 Å². The van der Waals surface area contributed by atoms with Crippen LogP contribution in [0.15, 0.2) is 6.20 Å². The summed E-state index contributed by atoms with van der Waals surface area (Å²) in [5.41, 5.74) is 1.40. The molecule has 0 aliphatic rings. The van der Waals surface area contributed by atoms with Crippen molar-refractivity contribution in [2.24, 2.45) is 7.05 Å². The Bertz CT molecular complexity index is 346. The lowest BCUT2D eigenvalue weighted by molar-refractivity contribution is 0.356. The van der Waals surface area contributed by atoms with Crippen LogP contribution in [0.4, 0.5) is 0 Å². The Kier molecular flexibility index (Phi) is 7.11. The second-order valence-electron chi connectivity index (χ2n) is 6.11. The van der Waals surface area contributed by atoms with E-state index in [2.05, 4.69) is 37.3 Å². The van der Waals surface area contributed by atoms with Gasteiger partial charge in [0, 0.05) is 18.7 Å². The van der Waals surface area contributed by atoms with Gasteiger partial charge in [0.1, 0.15) is 0 Å². The Morgan fingerprint density at radius 2 is 1.58 bits per heavy atom. The van der Waals surface area contributed by atoms with Gasteiger partial charge in [0.15, 0.2) is 0 Å². The lowest BCUT2D eigenvalue weighted by Gasteiger charge is -2.27. The van der Waals surface area contributed by atoms with Crippen molar-refractivity contribution in [3.63, 3.8) is 0 Å². The van der Waals surface area contributed by atoms with Crippen molar-refractivity contribution in [2.45, 2.75) is 84.0 Å². The van der Waals surface area contributed by atoms with E-state index in [1.54, 1.807) is 0 Å². The van der Waals surface area contributed by atoms with Crippen LogP contribution < -0.4 is 0 Å². The van der Waals surface area contributed by atoms with E-state index >= 15 is 0 Å². The molecule has 19 heavy (non-hydrogen) atoms. The quantitative estimate of drug-likeness (QED) is 0.578. The second-order valence-corrected chi connectivity index (χ2v) is 6.11. The molecule has 1 rings (SSSR count). The first-order valence-electron chi connectivity index (χ1n) is 7.99. The zero-order valence-corrected chi connectivity index (χ0v) is 13.3. The van der Waals surface area contributed by atoms with E-state index in [1.165, 1.54) is 63.5 Å². The minimum absolute atomic E-state index is 0.219. The van der Waals surface area contributed by atoms with Crippen LogP contribution in [0.25, 0.3) is 0 Å². The molecule has 0 aromatic carbocycles. The summed E-state index contributed by atoms with van der Waals surface area (Å²) in [6, 6.07) is 0. The van der Waals surface area contributed by atoms with Crippen LogP contribution in [0, 0.1) is 0 Å². The summed E-state index contributed by atoms with van der Waals surface area (Å²) < 4.78 is 1.83. The third-order valence-electron chi connectivity index (χ3n) is 4.14. The summed E-state index contributed by atoms with van der Waals surface area (Å²) in [5, 5.41) is 8.50. The average Bonchev–Trinajstić information content (AvgIpc) is 2.82. The highest BCUT2D eigenvalue weighted by molar-refractivity contribution is 5.10. The normalized spacial score (nSPS) is 14.5. The van der Waals surface area contributed by atoms with Crippen LogP contribution in [0.5, 0.6) is 0 Å². The summed E-state index contributed by atoms with van der Waals surface area (Å²) >= 11 is 0. The highest BCUT2D eigenvalue weighted by atomic mass is 15.4. The van der Waals surface area contributed by atoms with Gasteiger partial charge >= 0.3 is 0 Å². The molecule has 0 spiro atoms. The van der Waals surface area contributed by atoms with E-state index in [9.17, 15) is 0 Å². The van der Waals surface area contributed by atoms with Gasteiger partial charge in [-0.05, 0) is 12.8 Å². The Morgan fingerprint density at radius 1 is 1.00 bits per heavy atom. The molecule has 0 aliphatic heterocycles. The molecule has 0 N–H and O–H groups in total. The molecule has 0 saturated carbocycles. The molecule has 1 heterocycles. The van der Waals surface area contributed by atoms with Gasteiger partial charge in [0.05, 0.1) is 5.69 Å². The standard InChI is InChI=1S/C16H31N3/c1-5-7-9-11-13-16(3,12-10-8-6-2)15-14-19(4)18-17-15/h14H,5-13H2,1-4H3. The van der Waals surface area contributed by atoms with Gasteiger partial charge in [-0.25, -0.2) is 0 Å². The first-order chi connectivity index (χ1) is 9.12. The maximum Gasteiger partial charge on any atom is 0.0885 e. The molecule has 0 fully saturated rings. The first-order valence-corrected chi connectivity index (χ1v) is 7.99. The summed E-state index contributed by atoms with van der Waals surface area (Å²) in [6.07, 6.45) is 13.8. The minimum Gasteiger partial charge on any atom is -0.255 e. The molecule has 0 aliphatic carbocycles. The molecule has 3 nitrogen and oxygen atoms in total. The molecular weight excluding hydrogens is 234 g/mol. The highest BCUT2D eigenvalue weighted by Crippen LogP contribution is 2.33. The number of nitrogens with zero attached hydrogens (tertiary/aromatic N) is 3. The fraction of sp³-hybridized carbons (Fsp3) is 0.875. The third kappa shape index (κ3) is 5.33. The SMILES string of the molecule is CCCCCCC(C)(CCCCC)c1cn(C)nn1. The van der Waals surface area contributed by atoms with Crippen LogP contribution in [0.3, 0.4) is 0 Å². The van der Waals surface area contributed by atoms with Gasteiger partial charge in [0.25, 0.3) is 0 Å². The van der Waals surface area contributed by atoms with Crippen molar-refractivity contribution in [1.29, 1.82) is 0 Å². The van der Waals surface area contributed by atoms with E-state index in [0.29, 0.717) is 0 Å². The van der Waals surface area contributed by atoms with Crippen LogP contribution in [-0.2, 0) is 12.5 Å². The Balaban J connectivity index is 2.60. The summed E-state index contributed by atoms with van der Waals surface area (Å²) in [7, 11) is 1.96. The van der Waals surface area contributed by atoms with Gasteiger partial charge in [-0.1, -0.05) is 70.9 Å². The molecule has 3 heteroatoms. The molecule has 1 atom stereocenters. The number of aromatic nitrogens is 3. The largest absolute Gasteiger partial charge is 0.255 e.